The molecule has 0 radical (unpaired) electrons. The first-order valence-corrected chi connectivity index (χ1v) is 8.36. The quantitative estimate of drug-likeness (QED) is 0.867. The van der Waals surface area contributed by atoms with E-state index in [0.717, 1.165) is 24.5 Å². The minimum absolute atomic E-state index is 0.198. The van der Waals surface area contributed by atoms with Gasteiger partial charge in [-0.15, -0.1) is 11.3 Å². The highest BCUT2D eigenvalue weighted by Gasteiger charge is 2.34. The third-order valence-corrected chi connectivity index (χ3v) is 4.67. The summed E-state index contributed by atoms with van der Waals surface area (Å²) >= 11 is 1.28. The molecule has 1 unspecified atom stereocenters. The van der Waals surface area contributed by atoms with E-state index >= 15 is 0 Å². The van der Waals surface area contributed by atoms with Gasteiger partial charge in [0, 0.05) is 31.4 Å². The number of thiazole rings is 1. The van der Waals surface area contributed by atoms with Crippen molar-refractivity contribution in [3.63, 3.8) is 0 Å². The van der Waals surface area contributed by atoms with Gasteiger partial charge >= 0.3 is 0 Å². The average molecular weight is 333 g/mol. The van der Waals surface area contributed by atoms with Crippen LogP contribution >= 0.6 is 11.3 Å². The van der Waals surface area contributed by atoms with Gasteiger partial charge in [-0.05, 0) is 19.8 Å². The summed E-state index contributed by atoms with van der Waals surface area (Å²) in [5.74, 6) is 0.611. The number of hydrogen-bond acceptors (Lipinski definition) is 7. The second kappa shape index (κ2) is 6.59. The van der Waals surface area contributed by atoms with E-state index in [2.05, 4.69) is 20.3 Å². The van der Waals surface area contributed by atoms with Crippen LogP contribution in [0.4, 0.5) is 5.82 Å². The van der Waals surface area contributed by atoms with E-state index in [9.17, 15) is 9.90 Å². The van der Waals surface area contributed by atoms with E-state index in [1.807, 2.05) is 17.9 Å². The first-order chi connectivity index (χ1) is 11.1. The number of nitrogens with zero attached hydrogens (tertiary/aromatic N) is 4. The number of aromatic nitrogens is 3. The third-order valence-electron chi connectivity index (χ3n) is 3.90. The predicted octanol–water partition coefficient (Wildman–Crippen LogP) is 1.00. The van der Waals surface area contributed by atoms with Crippen LogP contribution in [0.15, 0.2) is 24.1 Å². The monoisotopic (exact) mass is 333 g/mol. The SMILES string of the molecule is Cc1cc(N2CCCC(O)(CNC(=O)c3cncs3)C2)ncn1. The molecule has 0 spiro atoms. The molecule has 1 fully saturated rings. The van der Waals surface area contributed by atoms with Gasteiger partial charge in [0.25, 0.3) is 5.91 Å². The van der Waals surface area contributed by atoms with Crippen molar-refractivity contribution in [2.75, 3.05) is 24.5 Å². The molecule has 122 valence electrons. The molecule has 0 aliphatic carbocycles. The van der Waals surface area contributed by atoms with E-state index in [1.165, 1.54) is 23.9 Å². The van der Waals surface area contributed by atoms with Crippen molar-refractivity contribution >= 4 is 23.1 Å². The van der Waals surface area contributed by atoms with E-state index in [4.69, 9.17) is 0 Å². The highest BCUT2D eigenvalue weighted by molar-refractivity contribution is 7.11. The molecule has 3 rings (SSSR count). The number of amides is 1. The number of nitrogens with one attached hydrogen (secondary N) is 1. The lowest BCUT2D eigenvalue weighted by atomic mass is 9.92. The van der Waals surface area contributed by atoms with E-state index in [-0.39, 0.29) is 12.5 Å². The first-order valence-electron chi connectivity index (χ1n) is 7.48. The Kier molecular flexibility index (Phi) is 4.53. The molecule has 2 N–H and O–H groups in total. The molecule has 3 heterocycles. The van der Waals surface area contributed by atoms with Crippen LogP contribution in [0.2, 0.25) is 0 Å². The normalized spacial score (nSPS) is 21.2. The van der Waals surface area contributed by atoms with Crippen LogP contribution in [-0.2, 0) is 0 Å². The standard InChI is InChI=1S/C15H19N5O2S/c1-11-5-13(19-9-18-11)20-4-2-3-15(22,8-20)7-17-14(21)12-6-16-10-23-12/h5-6,9-10,22H,2-4,7-8H2,1H3,(H,17,21). The molecular formula is C15H19N5O2S. The van der Waals surface area contributed by atoms with E-state index in [1.54, 1.807) is 5.51 Å². The van der Waals surface area contributed by atoms with Gasteiger partial charge < -0.3 is 15.3 Å². The Morgan fingerprint density at radius 2 is 2.39 bits per heavy atom. The van der Waals surface area contributed by atoms with Crippen LogP contribution in [-0.4, -0.2) is 51.2 Å². The third kappa shape index (κ3) is 3.83. The first kappa shape index (κ1) is 15.8. The van der Waals surface area contributed by atoms with Crippen molar-refractivity contribution in [2.45, 2.75) is 25.4 Å². The molecule has 23 heavy (non-hydrogen) atoms. The maximum atomic E-state index is 12.0. The molecule has 1 atom stereocenters. The Morgan fingerprint density at radius 1 is 1.52 bits per heavy atom. The molecule has 0 saturated carbocycles. The Labute approximate surface area is 138 Å². The number of rotatable bonds is 4. The van der Waals surface area contributed by atoms with Crippen molar-refractivity contribution in [3.05, 3.63) is 34.7 Å². The lowest BCUT2D eigenvalue weighted by Gasteiger charge is -2.39. The highest BCUT2D eigenvalue weighted by atomic mass is 32.1. The number of anilines is 1. The number of piperidine rings is 1. The summed E-state index contributed by atoms with van der Waals surface area (Å²) in [6.45, 7) is 3.40. The number of aryl methyl sites for hydroxylation is 1. The number of aliphatic hydroxyl groups is 1. The second-order valence-electron chi connectivity index (χ2n) is 5.82. The maximum Gasteiger partial charge on any atom is 0.263 e. The summed E-state index contributed by atoms with van der Waals surface area (Å²) < 4.78 is 0. The minimum atomic E-state index is -0.961. The van der Waals surface area contributed by atoms with Gasteiger partial charge in [0.05, 0.1) is 17.3 Å². The number of β-amino-alcohol motifs (C(OH)–C–C–N with tert-alkyl or cyclic N) is 1. The van der Waals surface area contributed by atoms with Crippen LogP contribution in [0.25, 0.3) is 0 Å². The van der Waals surface area contributed by atoms with Crippen LogP contribution in [0.3, 0.4) is 0 Å². The smallest absolute Gasteiger partial charge is 0.263 e. The lowest BCUT2D eigenvalue weighted by Crippen LogP contribution is -2.54. The van der Waals surface area contributed by atoms with Crippen LogP contribution in [0.5, 0.6) is 0 Å². The fraction of sp³-hybridized carbons (Fsp3) is 0.467. The average Bonchev–Trinajstić information content (AvgIpc) is 3.07. The van der Waals surface area contributed by atoms with Crippen molar-refractivity contribution in [1.82, 2.24) is 20.3 Å². The molecule has 2 aromatic heterocycles. The van der Waals surface area contributed by atoms with Gasteiger partial charge in [0.1, 0.15) is 17.0 Å². The zero-order chi connectivity index (χ0) is 16.3. The van der Waals surface area contributed by atoms with Gasteiger partial charge in [-0.3, -0.25) is 9.78 Å². The summed E-state index contributed by atoms with van der Waals surface area (Å²) in [5.41, 5.74) is 1.54. The van der Waals surface area contributed by atoms with Gasteiger partial charge in [0.15, 0.2) is 0 Å². The summed E-state index contributed by atoms with van der Waals surface area (Å²) in [6.07, 6.45) is 4.55. The van der Waals surface area contributed by atoms with Gasteiger partial charge in [0.2, 0.25) is 0 Å². The zero-order valence-electron chi connectivity index (χ0n) is 12.9. The number of carbonyl (C=O) groups is 1. The molecular weight excluding hydrogens is 314 g/mol. The fourth-order valence-electron chi connectivity index (χ4n) is 2.73. The summed E-state index contributed by atoms with van der Waals surface area (Å²) in [5, 5.41) is 13.6. The largest absolute Gasteiger partial charge is 0.386 e. The van der Waals surface area contributed by atoms with Gasteiger partial charge in [-0.1, -0.05) is 0 Å². The Balaban J connectivity index is 1.63. The topological polar surface area (TPSA) is 91.2 Å². The van der Waals surface area contributed by atoms with Crippen molar-refractivity contribution < 1.29 is 9.90 Å². The number of carbonyl (C=O) groups excluding carboxylic acids is 1. The zero-order valence-corrected chi connectivity index (χ0v) is 13.7. The van der Waals surface area contributed by atoms with Crippen LogP contribution in [0, 0.1) is 6.92 Å². The van der Waals surface area contributed by atoms with Crippen molar-refractivity contribution in [2.24, 2.45) is 0 Å². The Hall–Kier alpha value is -2.06. The molecule has 2 aromatic rings. The van der Waals surface area contributed by atoms with Crippen LogP contribution < -0.4 is 10.2 Å². The van der Waals surface area contributed by atoms with E-state index < -0.39 is 5.60 Å². The molecule has 1 saturated heterocycles. The number of hydrogen-bond donors (Lipinski definition) is 2. The molecule has 1 aliphatic rings. The Morgan fingerprint density at radius 3 is 3.13 bits per heavy atom. The highest BCUT2D eigenvalue weighted by Crippen LogP contribution is 2.24. The summed E-state index contributed by atoms with van der Waals surface area (Å²) in [7, 11) is 0. The van der Waals surface area contributed by atoms with Crippen LogP contribution in [0.1, 0.15) is 28.2 Å². The minimum Gasteiger partial charge on any atom is -0.386 e. The second-order valence-corrected chi connectivity index (χ2v) is 6.70. The lowest BCUT2D eigenvalue weighted by molar-refractivity contribution is 0.0255. The Bertz CT molecular complexity index is 678. The predicted molar refractivity (Wildman–Crippen MR) is 87.6 cm³/mol. The summed E-state index contributed by atoms with van der Waals surface area (Å²) in [4.78, 5) is 26.8. The molecule has 7 nitrogen and oxygen atoms in total. The van der Waals surface area contributed by atoms with Crippen molar-refractivity contribution in [3.8, 4) is 0 Å². The molecule has 1 amide bonds. The van der Waals surface area contributed by atoms with Gasteiger partial charge in [-0.25, -0.2) is 9.97 Å². The maximum absolute atomic E-state index is 12.0. The molecule has 8 heteroatoms. The van der Waals surface area contributed by atoms with Crippen molar-refractivity contribution in [1.29, 1.82) is 0 Å². The molecule has 0 bridgehead atoms. The fourth-order valence-corrected chi connectivity index (χ4v) is 3.26. The molecule has 0 aromatic carbocycles. The van der Waals surface area contributed by atoms with Gasteiger partial charge in [-0.2, -0.15) is 0 Å². The van der Waals surface area contributed by atoms with E-state index in [0.29, 0.717) is 17.8 Å². The molecule has 1 aliphatic heterocycles. The summed E-state index contributed by atoms with van der Waals surface area (Å²) in [6, 6.07) is 1.90.